The van der Waals surface area contributed by atoms with E-state index in [1.54, 1.807) is 63.2 Å². The molecule has 0 unspecified atom stereocenters. The second-order valence-corrected chi connectivity index (χ2v) is 7.25. The molecule has 1 amide bonds. The maximum absolute atomic E-state index is 12.8. The van der Waals surface area contributed by atoms with Gasteiger partial charge in [-0.3, -0.25) is 18.7 Å². The molecule has 2 heterocycles. The molecule has 29 heavy (non-hydrogen) atoms. The minimum Gasteiger partial charge on any atom is -0.449 e. The maximum Gasteiger partial charge on any atom is 0.331 e. The van der Waals surface area contributed by atoms with Crippen molar-refractivity contribution in [2.24, 2.45) is 0 Å². The Morgan fingerprint density at radius 1 is 1.03 bits per heavy atom. The minimum absolute atomic E-state index is 0.223. The Bertz CT molecular complexity index is 1240. The second-order valence-electron chi connectivity index (χ2n) is 7.25. The predicted octanol–water partition coefficient (Wildman–Crippen LogP) is 2.33. The van der Waals surface area contributed by atoms with E-state index in [2.05, 4.69) is 5.32 Å². The lowest BCUT2D eigenvalue weighted by molar-refractivity contribution is -0.116. The van der Waals surface area contributed by atoms with Crippen LogP contribution in [0.2, 0.25) is 0 Å². The minimum atomic E-state index is -0.759. The third-order valence-corrected chi connectivity index (χ3v) is 4.69. The number of fused-ring (bicyclic) bond motifs is 2. The van der Waals surface area contributed by atoms with Gasteiger partial charge in [-0.15, -0.1) is 0 Å². The van der Waals surface area contributed by atoms with Gasteiger partial charge in [0.25, 0.3) is 5.56 Å². The number of nitrogens with one attached hydrogen (secondary N) is 1. The first-order chi connectivity index (χ1) is 13.8. The first-order valence-electron chi connectivity index (χ1n) is 9.33. The van der Waals surface area contributed by atoms with Gasteiger partial charge in [0, 0.05) is 32.1 Å². The van der Waals surface area contributed by atoms with Crippen LogP contribution in [0.1, 0.15) is 20.8 Å². The van der Waals surface area contributed by atoms with Gasteiger partial charge in [0.2, 0.25) is 11.7 Å². The number of carbonyl (C=O) groups excluding carboxylic acids is 1. The normalized spacial score (nSPS) is 14.2. The molecule has 4 rings (SSSR count). The number of ether oxygens (including phenoxy) is 2. The lowest BCUT2D eigenvalue weighted by Crippen LogP contribution is -2.41. The summed E-state index contributed by atoms with van der Waals surface area (Å²) in [5, 5.41) is 3.17. The molecule has 1 aliphatic heterocycles. The molecule has 1 aromatic heterocycles. The van der Waals surface area contributed by atoms with Crippen molar-refractivity contribution in [3.05, 3.63) is 63.3 Å². The molecular formula is C21H21N3O5. The van der Waals surface area contributed by atoms with Crippen molar-refractivity contribution in [2.45, 2.75) is 39.6 Å². The topological polar surface area (TPSA) is 91.6 Å². The lowest BCUT2D eigenvalue weighted by atomic mass is 10.2. The van der Waals surface area contributed by atoms with Crippen molar-refractivity contribution < 1.29 is 14.3 Å². The first kappa shape index (κ1) is 18.8. The van der Waals surface area contributed by atoms with E-state index in [4.69, 9.17) is 9.47 Å². The van der Waals surface area contributed by atoms with Crippen molar-refractivity contribution in [3.8, 4) is 11.5 Å². The number of hydrogen-bond acceptors (Lipinski definition) is 5. The van der Waals surface area contributed by atoms with Gasteiger partial charge in [-0.05, 0) is 31.2 Å². The summed E-state index contributed by atoms with van der Waals surface area (Å²) in [6.45, 7) is 5.31. The molecule has 0 radical (unpaired) electrons. The summed E-state index contributed by atoms with van der Waals surface area (Å²) in [5.74, 6) is -0.0118. The Morgan fingerprint density at radius 2 is 1.76 bits per heavy atom. The third-order valence-electron chi connectivity index (χ3n) is 4.69. The molecule has 0 saturated heterocycles. The summed E-state index contributed by atoms with van der Waals surface area (Å²) < 4.78 is 13.8. The zero-order valence-electron chi connectivity index (χ0n) is 16.4. The summed E-state index contributed by atoms with van der Waals surface area (Å²) in [7, 11) is 0. The van der Waals surface area contributed by atoms with Crippen LogP contribution in [-0.2, 0) is 17.9 Å². The van der Waals surface area contributed by atoms with E-state index in [0.29, 0.717) is 28.1 Å². The van der Waals surface area contributed by atoms with E-state index in [1.807, 2.05) is 0 Å². The molecule has 0 fully saturated rings. The average Bonchev–Trinajstić information content (AvgIpc) is 2.98. The summed E-state index contributed by atoms with van der Waals surface area (Å²) in [6, 6.07) is 11.9. The Balaban J connectivity index is 1.64. The van der Waals surface area contributed by atoms with Crippen LogP contribution in [0.25, 0.3) is 10.9 Å². The molecule has 0 atom stereocenters. The Labute approximate surface area is 166 Å². The fourth-order valence-corrected chi connectivity index (χ4v) is 3.45. The standard InChI is InChI=1S/C21H21N3O5/c1-4-23-19(26)14-7-5-6-8-15(14)24(20(23)27)12-18(25)22-13-9-10-16-17(11-13)29-21(2,3)28-16/h5-11H,4,12H2,1-3H3,(H,22,25). The Morgan fingerprint density at radius 3 is 2.52 bits per heavy atom. The van der Waals surface area contributed by atoms with Crippen LogP contribution in [0.5, 0.6) is 11.5 Å². The highest BCUT2D eigenvalue weighted by Gasteiger charge is 2.31. The van der Waals surface area contributed by atoms with E-state index in [0.717, 1.165) is 4.57 Å². The van der Waals surface area contributed by atoms with Crippen molar-refractivity contribution in [1.29, 1.82) is 0 Å². The first-order valence-corrected chi connectivity index (χ1v) is 9.33. The van der Waals surface area contributed by atoms with Crippen molar-refractivity contribution in [3.63, 3.8) is 0 Å². The van der Waals surface area contributed by atoms with E-state index >= 15 is 0 Å². The number of para-hydroxylation sites is 1. The van der Waals surface area contributed by atoms with Crippen LogP contribution in [-0.4, -0.2) is 20.8 Å². The van der Waals surface area contributed by atoms with E-state index < -0.39 is 17.4 Å². The molecule has 150 valence electrons. The highest BCUT2D eigenvalue weighted by Crippen LogP contribution is 2.40. The van der Waals surface area contributed by atoms with Crippen LogP contribution in [0.4, 0.5) is 5.69 Å². The molecule has 2 aromatic carbocycles. The number of nitrogens with zero attached hydrogens (tertiary/aromatic N) is 2. The van der Waals surface area contributed by atoms with Gasteiger partial charge >= 0.3 is 5.69 Å². The lowest BCUT2D eigenvalue weighted by Gasteiger charge is -2.16. The molecule has 8 heteroatoms. The SMILES string of the molecule is CCn1c(=O)c2ccccc2n(CC(=O)Nc2ccc3c(c2)OC(C)(C)O3)c1=O. The van der Waals surface area contributed by atoms with Gasteiger partial charge in [0.05, 0.1) is 10.9 Å². The van der Waals surface area contributed by atoms with Crippen LogP contribution >= 0.6 is 0 Å². The molecule has 8 nitrogen and oxygen atoms in total. The molecule has 0 bridgehead atoms. The van der Waals surface area contributed by atoms with Gasteiger partial charge in [-0.1, -0.05) is 12.1 Å². The second kappa shape index (κ2) is 6.80. The quantitative estimate of drug-likeness (QED) is 0.732. The number of carbonyl (C=O) groups is 1. The van der Waals surface area contributed by atoms with Crippen LogP contribution < -0.4 is 26.0 Å². The molecule has 0 saturated carbocycles. The summed E-state index contributed by atoms with van der Waals surface area (Å²) in [6.07, 6.45) is 0. The van der Waals surface area contributed by atoms with Crippen molar-refractivity contribution in [2.75, 3.05) is 5.32 Å². The Hall–Kier alpha value is -3.55. The van der Waals surface area contributed by atoms with Crippen LogP contribution in [0.3, 0.4) is 0 Å². The summed E-state index contributed by atoms with van der Waals surface area (Å²) in [4.78, 5) is 37.9. The van der Waals surface area contributed by atoms with Gasteiger partial charge in [0.1, 0.15) is 6.54 Å². The monoisotopic (exact) mass is 395 g/mol. The van der Waals surface area contributed by atoms with E-state index in [-0.39, 0.29) is 18.6 Å². The van der Waals surface area contributed by atoms with Crippen LogP contribution in [0.15, 0.2) is 52.1 Å². The average molecular weight is 395 g/mol. The fourth-order valence-electron chi connectivity index (χ4n) is 3.45. The highest BCUT2D eigenvalue weighted by atomic mass is 16.7. The molecule has 0 aliphatic carbocycles. The molecule has 3 aromatic rings. The molecular weight excluding hydrogens is 374 g/mol. The van der Waals surface area contributed by atoms with Crippen molar-refractivity contribution in [1.82, 2.24) is 9.13 Å². The van der Waals surface area contributed by atoms with E-state index in [1.165, 1.54) is 4.57 Å². The van der Waals surface area contributed by atoms with Gasteiger partial charge < -0.3 is 14.8 Å². The summed E-state index contributed by atoms with van der Waals surface area (Å²) in [5.41, 5.74) is 0.0768. The number of benzene rings is 2. The van der Waals surface area contributed by atoms with Gasteiger partial charge in [-0.25, -0.2) is 4.79 Å². The van der Waals surface area contributed by atoms with Crippen molar-refractivity contribution >= 4 is 22.5 Å². The smallest absolute Gasteiger partial charge is 0.331 e. The molecule has 1 N–H and O–H groups in total. The maximum atomic E-state index is 12.8. The zero-order chi connectivity index (χ0) is 20.8. The number of amides is 1. The van der Waals surface area contributed by atoms with Crippen LogP contribution in [0, 0.1) is 0 Å². The largest absolute Gasteiger partial charge is 0.449 e. The van der Waals surface area contributed by atoms with Gasteiger partial charge in [-0.2, -0.15) is 0 Å². The van der Waals surface area contributed by atoms with Gasteiger partial charge in [0.15, 0.2) is 11.5 Å². The number of hydrogen-bond donors (Lipinski definition) is 1. The Kier molecular flexibility index (Phi) is 4.41. The highest BCUT2D eigenvalue weighted by molar-refractivity contribution is 5.92. The zero-order valence-corrected chi connectivity index (χ0v) is 16.4. The third kappa shape index (κ3) is 3.37. The predicted molar refractivity (Wildman–Crippen MR) is 109 cm³/mol. The fraction of sp³-hybridized carbons (Fsp3) is 0.286. The number of anilines is 1. The molecule has 0 spiro atoms. The molecule has 1 aliphatic rings. The summed E-state index contributed by atoms with van der Waals surface area (Å²) >= 11 is 0. The van der Waals surface area contributed by atoms with E-state index in [9.17, 15) is 14.4 Å². The number of aromatic nitrogens is 2. The number of rotatable bonds is 4.